The molecule has 0 saturated carbocycles. The van der Waals surface area contributed by atoms with Crippen LogP contribution in [0.5, 0.6) is 0 Å². The summed E-state index contributed by atoms with van der Waals surface area (Å²) in [7, 11) is 0. The molecule has 0 fully saturated rings. The van der Waals surface area contributed by atoms with Gasteiger partial charge in [-0.2, -0.15) is 0 Å². The molecule has 98 valence electrons. The van der Waals surface area contributed by atoms with Crippen LogP contribution in [-0.2, 0) is 6.42 Å². The van der Waals surface area contributed by atoms with Crippen LogP contribution in [0.15, 0.2) is 53.3 Å². The van der Waals surface area contributed by atoms with E-state index in [1.807, 2.05) is 36.4 Å². The zero-order valence-electron chi connectivity index (χ0n) is 10.5. The van der Waals surface area contributed by atoms with Crippen LogP contribution in [0, 0.1) is 0 Å². The Kier molecular flexibility index (Phi) is 3.52. The number of fused-ring (bicyclic) bond motifs is 1. The number of nitrogens with zero attached hydrogens (tertiary/aromatic N) is 3. The molecule has 0 bridgehead atoms. The quantitative estimate of drug-likeness (QED) is 0.693. The van der Waals surface area contributed by atoms with Gasteiger partial charge in [0.05, 0.1) is 23.7 Å². The molecule has 0 aliphatic carbocycles. The molecular weight excluding hydrogens is 318 g/mol. The third kappa shape index (κ3) is 2.72. The molecule has 0 N–H and O–H groups in total. The summed E-state index contributed by atoms with van der Waals surface area (Å²) >= 11 is 3.31. The van der Waals surface area contributed by atoms with Crippen molar-refractivity contribution < 1.29 is 4.79 Å². The van der Waals surface area contributed by atoms with Crippen LogP contribution in [0.25, 0.3) is 11.0 Å². The highest BCUT2D eigenvalue weighted by Crippen LogP contribution is 2.12. The fourth-order valence-electron chi connectivity index (χ4n) is 1.86. The molecule has 0 amide bonds. The summed E-state index contributed by atoms with van der Waals surface area (Å²) in [4.78, 5) is 25.0. The van der Waals surface area contributed by atoms with Crippen molar-refractivity contribution in [3.05, 3.63) is 64.7 Å². The van der Waals surface area contributed by atoms with Gasteiger partial charge in [-0.1, -0.05) is 12.1 Å². The number of para-hydroxylation sites is 2. The maximum Gasteiger partial charge on any atom is 0.188 e. The van der Waals surface area contributed by atoms with E-state index in [0.29, 0.717) is 11.4 Å². The van der Waals surface area contributed by atoms with Crippen molar-refractivity contribution >= 4 is 32.7 Å². The smallest absolute Gasteiger partial charge is 0.188 e. The van der Waals surface area contributed by atoms with E-state index in [1.165, 1.54) is 6.20 Å². The summed E-state index contributed by atoms with van der Waals surface area (Å²) in [5.74, 6) is -0.0851. The molecule has 0 spiro atoms. The predicted molar refractivity (Wildman–Crippen MR) is 79.5 cm³/mol. The second-order valence-corrected chi connectivity index (χ2v) is 5.23. The number of Topliss-reactive ketones (excluding diaryl/α,β-unsaturated/α-hetero) is 1. The van der Waals surface area contributed by atoms with Crippen molar-refractivity contribution in [2.24, 2.45) is 0 Å². The van der Waals surface area contributed by atoms with E-state index in [2.05, 4.69) is 30.9 Å². The second kappa shape index (κ2) is 5.46. The Bertz CT molecular complexity index is 771. The highest BCUT2D eigenvalue weighted by molar-refractivity contribution is 9.10. The van der Waals surface area contributed by atoms with Gasteiger partial charge in [0.2, 0.25) is 0 Å². The number of rotatable bonds is 3. The van der Waals surface area contributed by atoms with Gasteiger partial charge >= 0.3 is 0 Å². The van der Waals surface area contributed by atoms with E-state index in [-0.39, 0.29) is 12.2 Å². The molecule has 2 aromatic heterocycles. The molecular formula is C15H10BrN3O. The molecule has 20 heavy (non-hydrogen) atoms. The average Bonchev–Trinajstić information content (AvgIpc) is 2.49. The van der Waals surface area contributed by atoms with Gasteiger partial charge in [-0.15, -0.1) is 0 Å². The zero-order valence-corrected chi connectivity index (χ0v) is 12.0. The number of benzene rings is 1. The second-order valence-electron chi connectivity index (χ2n) is 4.31. The van der Waals surface area contributed by atoms with Gasteiger partial charge < -0.3 is 0 Å². The van der Waals surface area contributed by atoms with E-state index >= 15 is 0 Å². The molecule has 0 atom stereocenters. The van der Waals surface area contributed by atoms with E-state index in [0.717, 1.165) is 15.5 Å². The van der Waals surface area contributed by atoms with Gasteiger partial charge in [-0.05, 0) is 40.2 Å². The standard InChI is InChI=1S/C15H10BrN3O/c16-10-5-6-11(17-8-10)7-15(20)14-9-18-12-3-1-2-4-13(12)19-14/h1-6,8-9H,7H2. The van der Waals surface area contributed by atoms with Crippen LogP contribution in [-0.4, -0.2) is 20.7 Å². The van der Waals surface area contributed by atoms with Crippen molar-refractivity contribution in [3.63, 3.8) is 0 Å². The lowest BCUT2D eigenvalue weighted by Gasteiger charge is -2.02. The summed E-state index contributed by atoms with van der Waals surface area (Å²) in [5.41, 5.74) is 2.59. The Morgan fingerprint density at radius 1 is 1.00 bits per heavy atom. The molecule has 1 aromatic carbocycles. The lowest BCUT2D eigenvalue weighted by molar-refractivity contribution is 0.0987. The minimum absolute atomic E-state index is 0.0851. The van der Waals surface area contributed by atoms with E-state index in [4.69, 9.17) is 0 Å². The SMILES string of the molecule is O=C(Cc1ccc(Br)cn1)c1cnc2ccccc2n1. The Labute approximate surface area is 124 Å². The Morgan fingerprint density at radius 2 is 1.80 bits per heavy atom. The molecule has 2 heterocycles. The fraction of sp³-hybridized carbons (Fsp3) is 0.0667. The van der Waals surface area contributed by atoms with Crippen molar-refractivity contribution in [2.75, 3.05) is 0 Å². The van der Waals surface area contributed by atoms with Crippen LogP contribution < -0.4 is 0 Å². The number of halogens is 1. The van der Waals surface area contributed by atoms with Gasteiger partial charge in [0.25, 0.3) is 0 Å². The number of aromatic nitrogens is 3. The summed E-state index contributed by atoms with van der Waals surface area (Å²) in [6.45, 7) is 0. The first-order chi connectivity index (χ1) is 9.72. The summed E-state index contributed by atoms with van der Waals surface area (Å²) in [6, 6.07) is 11.2. The minimum atomic E-state index is -0.0851. The summed E-state index contributed by atoms with van der Waals surface area (Å²) < 4.78 is 0.888. The van der Waals surface area contributed by atoms with Gasteiger partial charge in [-0.25, -0.2) is 4.98 Å². The average molecular weight is 328 g/mol. The molecule has 4 nitrogen and oxygen atoms in total. The van der Waals surface area contributed by atoms with E-state index in [9.17, 15) is 4.79 Å². The molecule has 0 radical (unpaired) electrons. The zero-order chi connectivity index (χ0) is 13.9. The van der Waals surface area contributed by atoms with Crippen LogP contribution in [0.2, 0.25) is 0 Å². The number of carbonyl (C=O) groups excluding carboxylic acids is 1. The van der Waals surface area contributed by atoms with Gasteiger partial charge in [0, 0.05) is 16.4 Å². The molecule has 0 aliphatic rings. The molecule has 5 heteroatoms. The number of hydrogen-bond acceptors (Lipinski definition) is 4. The van der Waals surface area contributed by atoms with E-state index < -0.39 is 0 Å². The molecule has 0 unspecified atom stereocenters. The van der Waals surface area contributed by atoms with Gasteiger partial charge in [0.15, 0.2) is 5.78 Å². The molecule has 0 saturated heterocycles. The largest absolute Gasteiger partial charge is 0.292 e. The molecule has 3 rings (SSSR count). The first-order valence-electron chi connectivity index (χ1n) is 6.08. The first kappa shape index (κ1) is 12.9. The maximum absolute atomic E-state index is 12.2. The third-order valence-electron chi connectivity index (χ3n) is 2.86. The number of carbonyl (C=O) groups is 1. The number of pyridine rings is 1. The van der Waals surface area contributed by atoms with Crippen molar-refractivity contribution in [3.8, 4) is 0 Å². The van der Waals surface area contributed by atoms with Crippen LogP contribution in [0.3, 0.4) is 0 Å². The Hall–Kier alpha value is -2.14. The van der Waals surface area contributed by atoms with Gasteiger partial charge in [0.1, 0.15) is 5.69 Å². The highest BCUT2D eigenvalue weighted by atomic mass is 79.9. The van der Waals surface area contributed by atoms with Gasteiger partial charge in [-0.3, -0.25) is 14.8 Å². The van der Waals surface area contributed by atoms with Crippen LogP contribution in [0.1, 0.15) is 16.2 Å². The minimum Gasteiger partial charge on any atom is -0.292 e. The van der Waals surface area contributed by atoms with Crippen molar-refractivity contribution in [1.82, 2.24) is 15.0 Å². The van der Waals surface area contributed by atoms with Crippen molar-refractivity contribution in [1.29, 1.82) is 0 Å². The summed E-state index contributed by atoms with van der Waals surface area (Å²) in [6.07, 6.45) is 3.42. The Balaban J connectivity index is 1.86. The maximum atomic E-state index is 12.2. The predicted octanol–water partition coefficient (Wildman–Crippen LogP) is 3.21. The lowest BCUT2D eigenvalue weighted by atomic mass is 10.1. The topological polar surface area (TPSA) is 55.7 Å². The molecule has 3 aromatic rings. The fourth-order valence-corrected chi connectivity index (χ4v) is 2.09. The number of ketones is 1. The lowest BCUT2D eigenvalue weighted by Crippen LogP contribution is -2.08. The normalized spacial score (nSPS) is 10.7. The van der Waals surface area contributed by atoms with E-state index in [1.54, 1.807) is 6.20 Å². The highest BCUT2D eigenvalue weighted by Gasteiger charge is 2.11. The monoisotopic (exact) mass is 327 g/mol. The van der Waals surface area contributed by atoms with Crippen LogP contribution >= 0.6 is 15.9 Å². The third-order valence-corrected chi connectivity index (χ3v) is 3.33. The Morgan fingerprint density at radius 3 is 2.55 bits per heavy atom. The number of hydrogen-bond donors (Lipinski definition) is 0. The van der Waals surface area contributed by atoms with Crippen molar-refractivity contribution in [2.45, 2.75) is 6.42 Å². The van der Waals surface area contributed by atoms with Crippen LogP contribution in [0.4, 0.5) is 0 Å². The summed E-state index contributed by atoms with van der Waals surface area (Å²) in [5, 5.41) is 0. The molecule has 0 aliphatic heterocycles. The first-order valence-corrected chi connectivity index (χ1v) is 6.87.